The third-order valence-corrected chi connectivity index (χ3v) is 6.35. The van der Waals surface area contributed by atoms with Crippen LogP contribution in [-0.2, 0) is 4.74 Å². The molecule has 0 spiro atoms. The number of benzene rings is 2. The molecular formula is C22H20ClN5O4S. The van der Waals surface area contributed by atoms with Crippen molar-refractivity contribution in [3.63, 3.8) is 0 Å². The maximum atomic E-state index is 12.9. The molecule has 0 bridgehead atoms. The Hall–Kier alpha value is -3.50. The highest BCUT2D eigenvalue weighted by molar-refractivity contribution is 7.13. The highest BCUT2D eigenvalue weighted by Crippen LogP contribution is 2.34. The lowest BCUT2D eigenvalue weighted by atomic mass is 10.2. The van der Waals surface area contributed by atoms with Crippen molar-refractivity contribution in [1.82, 2.24) is 15.1 Å². The highest BCUT2D eigenvalue weighted by Gasteiger charge is 2.33. The predicted molar refractivity (Wildman–Crippen MR) is 125 cm³/mol. The lowest BCUT2D eigenvalue weighted by Gasteiger charge is -2.23. The Bertz CT molecular complexity index is 1180. The third kappa shape index (κ3) is 5.29. The van der Waals surface area contributed by atoms with Gasteiger partial charge in [-0.25, -0.2) is 9.59 Å². The van der Waals surface area contributed by atoms with Crippen LogP contribution in [0.25, 0.3) is 0 Å². The van der Waals surface area contributed by atoms with Crippen LogP contribution in [-0.4, -0.2) is 46.7 Å². The van der Waals surface area contributed by atoms with Gasteiger partial charge in [0.2, 0.25) is 5.01 Å². The molecular weight excluding hydrogens is 466 g/mol. The van der Waals surface area contributed by atoms with Gasteiger partial charge in [-0.15, -0.1) is 10.2 Å². The summed E-state index contributed by atoms with van der Waals surface area (Å²) in [5, 5.41) is 15.1. The number of aromatic nitrogens is 2. The summed E-state index contributed by atoms with van der Waals surface area (Å²) in [4.78, 5) is 38.8. The van der Waals surface area contributed by atoms with Gasteiger partial charge in [0.25, 0.3) is 5.91 Å². The standard InChI is InChI=1S/C22H20ClN5O4S/c1-32-21(30)13-4-2-5-16(12-13)25-22(31)28-11-3-6-17(28)19-26-27-20(33-19)18(29)24-15-9-7-14(23)8-10-15/h2,4-5,7-10,12,17H,3,6,11H2,1H3,(H,24,29)(H,25,31)/t17-/m0/s1. The number of rotatable bonds is 5. The third-order valence-electron chi connectivity index (χ3n) is 5.07. The van der Waals surface area contributed by atoms with E-state index in [1.165, 1.54) is 7.11 Å². The molecule has 1 aromatic heterocycles. The van der Waals surface area contributed by atoms with Crippen LogP contribution in [0.4, 0.5) is 16.2 Å². The van der Waals surface area contributed by atoms with E-state index in [0.717, 1.165) is 17.8 Å². The van der Waals surface area contributed by atoms with Crippen molar-refractivity contribution in [3.05, 3.63) is 69.1 Å². The molecule has 11 heteroatoms. The van der Waals surface area contributed by atoms with Crippen LogP contribution in [0.1, 0.15) is 44.1 Å². The topological polar surface area (TPSA) is 114 Å². The lowest BCUT2D eigenvalue weighted by Crippen LogP contribution is -2.34. The van der Waals surface area contributed by atoms with Crippen molar-refractivity contribution in [3.8, 4) is 0 Å². The fourth-order valence-corrected chi connectivity index (χ4v) is 4.49. The number of anilines is 2. The Balaban J connectivity index is 1.43. The summed E-state index contributed by atoms with van der Waals surface area (Å²) in [5.41, 5.74) is 1.42. The van der Waals surface area contributed by atoms with Crippen LogP contribution >= 0.6 is 22.9 Å². The van der Waals surface area contributed by atoms with Crippen LogP contribution in [0, 0.1) is 0 Å². The Kier molecular flexibility index (Phi) is 6.85. The molecule has 1 atom stereocenters. The molecule has 33 heavy (non-hydrogen) atoms. The number of likely N-dealkylation sites (tertiary alicyclic amines) is 1. The van der Waals surface area contributed by atoms with Crippen molar-refractivity contribution in [2.45, 2.75) is 18.9 Å². The van der Waals surface area contributed by atoms with E-state index in [0.29, 0.717) is 39.9 Å². The van der Waals surface area contributed by atoms with Gasteiger partial charge in [0.1, 0.15) is 5.01 Å². The number of amides is 3. The van der Waals surface area contributed by atoms with Gasteiger partial charge in [-0.1, -0.05) is 29.0 Å². The molecule has 1 saturated heterocycles. The summed E-state index contributed by atoms with van der Waals surface area (Å²) in [6, 6.07) is 12.7. The second-order valence-electron chi connectivity index (χ2n) is 7.26. The van der Waals surface area contributed by atoms with Gasteiger partial charge < -0.3 is 20.3 Å². The average Bonchev–Trinajstić information content (AvgIpc) is 3.50. The van der Waals surface area contributed by atoms with Gasteiger partial charge in [0.05, 0.1) is 18.7 Å². The zero-order valence-corrected chi connectivity index (χ0v) is 19.2. The molecule has 170 valence electrons. The molecule has 9 nitrogen and oxygen atoms in total. The minimum atomic E-state index is -0.483. The summed E-state index contributed by atoms with van der Waals surface area (Å²) in [6.45, 7) is 0.541. The second kappa shape index (κ2) is 9.97. The Morgan fingerprint density at radius 1 is 1.09 bits per heavy atom. The number of nitrogens with zero attached hydrogens (tertiary/aromatic N) is 3. The van der Waals surface area contributed by atoms with E-state index in [9.17, 15) is 14.4 Å². The van der Waals surface area contributed by atoms with Gasteiger partial charge >= 0.3 is 12.0 Å². The molecule has 2 N–H and O–H groups in total. The molecule has 1 aliphatic rings. The van der Waals surface area contributed by atoms with E-state index in [4.69, 9.17) is 16.3 Å². The van der Waals surface area contributed by atoms with Gasteiger partial charge in [-0.2, -0.15) is 0 Å². The molecule has 3 amide bonds. The van der Waals surface area contributed by atoms with Crippen LogP contribution in [0.5, 0.6) is 0 Å². The quantitative estimate of drug-likeness (QED) is 0.510. The number of hydrogen-bond acceptors (Lipinski definition) is 7. The Morgan fingerprint density at radius 3 is 2.64 bits per heavy atom. The SMILES string of the molecule is COC(=O)c1cccc(NC(=O)N2CCC[C@H]2c2nnc(C(=O)Nc3ccc(Cl)cc3)s2)c1. The Labute approximate surface area is 198 Å². The largest absolute Gasteiger partial charge is 0.465 e. The maximum absolute atomic E-state index is 12.9. The average molecular weight is 486 g/mol. The van der Waals surface area contributed by atoms with Crippen LogP contribution < -0.4 is 10.6 Å². The zero-order chi connectivity index (χ0) is 23.4. The smallest absolute Gasteiger partial charge is 0.337 e. The molecule has 1 fully saturated rings. The number of carbonyl (C=O) groups is 3. The molecule has 2 aromatic carbocycles. The number of hydrogen-bond donors (Lipinski definition) is 2. The highest BCUT2D eigenvalue weighted by atomic mass is 35.5. The first-order valence-corrected chi connectivity index (χ1v) is 11.3. The van der Waals surface area contributed by atoms with E-state index in [1.54, 1.807) is 53.4 Å². The minimum absolute atomic E-state index is 0.206. The molecule has 0 saturated carbocycles. The monoisotopic (exact) mass is 485 g/mol. The first kappa shape index (κ1) is 22.7. The van der Waals surface area contributed by atoms with E-state index in [-0.39, 0.29) is 23.0 Å². The number of ether oxygens (including phenoxy) is 1. The van der Waals surface area contributed by atoms with Crippen molar-refractivity contribution >= 4 is 52.2 Å². The molecule has 2 heterocycles. The lowest BCUT2D eigenvalue weighted by molar-refractivity contribution is 0.0600. The van der Waals surface area contributed by atoms with Crippen LogP contribution in [0.15, 0.2) is 48.5 Å². The Morgan fingerprint density at radius 2 is 1.88 bits per heavy atom. The van der Waals surface area contributed by atoms with Crippen LogP contribution in [0.2, 0.25) is 5.02 Å². The number of nitrogens with one attached hydrogen (secondary N) is 2. The summed E-state index contributed by atoms with van der Waals surface area (Å²) >= 11 is 7.02. The zero-order valence-electron chi connectivity index (χ0n) is 17.6. The summed E-state index contributed by atoms with van der Waals surface area (Å²) in [6.07, 6.45) is 1.51. The van der Waals surface area contributed by atoms with Gasteiger partial charge in [0.15, 0.2) is 0 Å². The minimum Gasteiger partial charge on any atom is -0.465 e. The van der Waals surface area contributed by atoms with Gasteiger partial charge in [0, 0.05) is 22.9 Å². The molecule has 0 aliphatic carbocycles. The number of carbonyl (C=O) groups excluding carboxylic acids is 3. The fraction of sp³-hybridized carbons (Fsp3) is 0.227. The number of methoxy groups -OCH3 is 1. The van der Waals surface area contributed by atoms with Crippen LogP contribution in [0.3, 0.4) is 0 Å². The van der Waals surface area contributed by atoms with Gasteiger partial charge in [-0.05, 0) is 55.3 Å². The summed E-state index contributed by atoms with van der Waals surface area (Å²) in [7, 11) is 1.30. The fourth-order valence-electron chi connectivity index (χ4n) is 3.48. The number of esters is 1. The first-order valence-electron chi connectivity index (χ1n) is 10.1. The van der Waals surface area contributed by atoms with Gasteiger partial charge in [-0.3, -0.25) is 4.79 Å². The van der Waals surface area contributed by atoms with E-state index < -0.39 is 5.97 Å². The van der Waals surface area contributed by atoms with E-state index >= 15 is 0 Å². The second-order valence-corrected chi connectivity index (χ2v) is 8.71. The van der Waals surface area contributed by atoms with Crippen molar-refractivity contribution in [2.24, 2.45) is 0 Å². The predicted octanol–water partition coefficient (Wildman–Crippen LogP) is 4.60. The van der Waals surface area contributed by atoms with Crippen molar-refractivity contribution in [1.29, 1.82) is 0 Å². The van der Waals surface area contributed by atoms with Crippen molar-refractivity contribution < 1.29 is 19.1 Å². The van der Waals surface area contributed by atoms with E-state index in [2.05, 4.69) is 20.8 Å². The molecule has 0 radical (unpaired) electrons. The summed E-state index contributed by atoms with van der Waals surface area (Å²) in [5.74, 6) is -0.863. The first-order chi connectivity index (χ1) is 15.9. The molecule has 3 aromatic rings. The maximum Gasteiger partial charge on any atom is 0.337 e. The van der Waals surface area contributed by atoms with E-state index in [1.807, 2.05) is 0 Å². The number of urea groups is 1. The van der Waals surface area contributed by atoms with Crippen molar-refractivity contribution in [2.75, 3.05) is 24.3 Å². The normalized spacial score (nSPS) is 15.2. The molecule has 1 aliphatic heterocycles. The molecule has 4 rings (SSSR count). The number of halogens is 1. The molecule has 0 unspecified atom stereocenters. The summed E-state index contributed by atoms with van der Waals surface area (Å²) < 4.78 is 4.72.